The standard InChI is InChI=1S/C13H20O3/c1-3-4-5-6-7-8-12(14)11-9-10(2)16-13(11)15/h9,12,14H,2-8H2,1H3/t12-/m1/s1/i2D. The average Bonchev–Trinajstić information content (AvgIpc) is 2.70. The summed E-state index contributed by atoms with van der Waals surface area (Å²) in [5, 5.41) is 9.83. The van der Waals surface area contributed by atoms with Crippen molar-refractivity contribution in [3.63, 3.8) is 0 Å². The van der Waals surface area contributed by atoms with Crippen LogP contribution in [0.25, 0.3) is 0 Å². The van der Waals surface area contributed by atoms with Gasteiger partial charge >= 0.3 is 5.97 Å². The number of esters is 1. The molecule has 1 heterocycles. The molecule has 16 heavy (non-hydrogen) atoms. The zero-order chi connectivity index (χ0) is 12.7. The summed E-state index contributed by atoms with van der Waals surface area (Å²) < 4.78 is 11.7. The van der Waals surface area contributed by atoms with E-state index in [4.69, 9.17) is 6.11 Å². The second-order valence-electron chi connectivity index (χ2n) is 4.11. The summed E-state index contributed by atoms with van der Waals surface area (Å²) in [7, 11) is 0. The first kappa shape index (κ1) is 11.4. The largest absolute Gasteiger partial charge is 0.424 e. The molecule has 90 valence electrons. The van der Waals surface area contributed by atoms with E-state index >= 15 is 0 Å². The smallest absolute Gasteiger partial charge is 0.342 e. The van der Waals surface area contributed by atoms with E-state index in [1.807, 2.05) is 0 Å². The molecule has 0 unspecified atom stereocenters. The maximum atomic E-state index is 11.3. The van der Waals surface area contributed by atoms with Crippen molar-refractivity contribution < 1.29 is 16.0 Å². The molecule has 1 rings (SSSR count). The van der Waals surface area contributed by atoms with Crippen molar-refractivity contribution in [1.29, 1.82) is 0 Å². The molecule has 0 spiro atoms. The highest BCUT2D eigenvalue weighted by Crippen LogP contribution is 2.21. The monoisotopic (exact) mass is 225 g/mol. The van der Waals surface area contributed by atoms with E-state index in [1.165, 1.54) is 25.3 Å². The average molecular weight is 225 g/mol. The Hall–Kier alpha value is -1.09. The van der Waals surface area contributed by atoms with Gasteiger partial charge in [-0.25, -0.2) is 4.79 Å². The van der Waals surface area contributed by atoms with E-state index < -0.39 is 12.1 Å². The van der Waals surface area contributed by atoms with Crippen LogP contribution in [-0.4, -0.2) is 17.2 Å². The molecule has 0 saturated heterocycles. The number of carbonyl (C=O) groups excluding carboxylic acids is 1. The first-order valence-corrected chi connectivity index (χ1v) is 5.89. The molecule has 0 aromatic heterocycles. The maximum Gasteiger partial charge on any atom is 0.342 e. The molecule has 1 N–H and O–H groups in total. The number of aliphatic hydroxyl groups is 1. The highest BCUT2D eigenvalue weighted by molar-refractivity contribution is 5.93. The van der Waals surface area contributed by atoms with Gasteiger partial charge in [-0.2, -0.15) is 0 Å². The molecule has 0 aromatic rings. The van der Waals surface area contributed by atoms with Crippen LogP contribution in [0.1, 0.15) is 46.8 Å². The highest BCUT2D eigenvalue weighted by Gasteiger charge is 2.25. The predicted molar refractivity (Wildman–Crippen MR) is 62.7 cm³/mol. The predicted octanol–water partition coefficient (Wildman–Crippen LogP) is 2.70. The molecular formula is C13H20O3. The number of unbranched alkanes of at least 4 members (excludes halogenated alkanes) is 4. The van der Waals surface area contributed by atoms with Crippen molar-refractivity contribution >= 4 is 5.97 Å². The Morgan fingerprint density at radius 2 is 2.25 bits per heavy atom. The van der Waals surface area contributed by atoms with Crippen LogP contribution in [0.5, 0.6) is 0 Å². The molecule has 0 aromatic carbocycles. The van der Waals surface area contributed by atoms with Gasteiger partial charge in [0.2, 0.25) is 0 Å². The van der Waals surface area contributed by atoms with Crippen LogP contribution in [0.2, 0.25) is 0 Å². The fraction of sp³-hybridized carbons (Fsp3) is 0.615. The van der Waals surface area contributed by atoms with E-state index in [0.29, 0.717) is 6.42 Å². The minimum absolute atomic E-state index is 0.204. The SMILES string of the molecule is [2H]C=C1C=C([C@H](O)CCCCCCC)C(=O)O1. The van der Waals surface area contributed by atoms with Gasteiger partial charge in [0.15, 0.2) is 0 Å². The summed E-state index contributed by atoms with van der Waals surface area (Å²) in [6.45, 7) is 3.13. The maximum absolute atomic E-state index is 11.3. The summed E-state index contributed by atoms with van der Waals surface area (Å²) in [5.41, 5.74) is 0.277. The van der Waals surface area contributed by atoms with E-state index in [-0.39, 0.29) is 11.3 Å². The number of rotatable bonds is 7. The third-order valence-electron chi connectivity index (χ3n) is 2.68. The quantitative estimate of drug-likeness (QED) is 0.535. The van der Waals surface area contributed by atoms with Crippen LogP contribution >= 0.6 is 0 Å². The van der Waals surface area contributed by atoms with E-state index in [1.54, 1.807) is 0 Å². The Bertz CT molecular complexity index is 321. The summed E-state index contributed by atoms with van der Waals surface area (Å²) in [6, 6.07) is 0. The van der Waals surface area contributed by atoms with Gasteiger partial charge in [0.1, 0.15) is 5.76 Å². The second-order valence-corrected chi connectivity index (χ2v) is 4.11. The second kappa shape index (κ2) is 6.48. The van der Waals surface area contributed by atoms with Gasteiger partial charge in [0, 0.05) is 0 Å². The molecular weight excluding hydrogens is 204 g/mol. The van der Waals surface area contributed by atoms with Crippen molar-refractivity contribution in [2.24, 2.45) is 0 Å². The van der Waals surface area contributed by atoms with Crippen LogP contribution in [-0.2, 0) is 9.53 Å². The van der Waals surface area contributed by atoms with Crippen LogP contribution in [0.3, 0.4) is 0 Å². The van der Waals surface area contributed by atoms with Gasteiger partial charge < -0.3 is 9.84 Å². The third-order valence-corrected chi connectivity index (χ3v) is 2.68. The van der Waals surface area contributed by atoms with Crippen LogP contribution in [0.15, 0.2) is 24.0 Å². The summed E-state index contributed by atoms with van der Waals surface area (Å²) >= 11 is 0. The van der Waals surface area contributed by atoms with Gasteiger partial charge in [0.05, 0.1) is 13.0 Å². The van der Waals surface area contributed by atoms with Gasteiger partial charge in [-0.15, -0.1) is 0 Å². The molecule has 1 aliphatic heterocycles. The number of aliphatic hydroxyl groups excluding tert-OH is 1. The highest BCUT2D eigenvalue weighted by atomic mass is 16.5. The Balaban J connectivity index is 2.32. The Morgan fingerprint density at radius 3 is 2.88 bits per heavy atom. The zero-order valence-electron chi connectivity index (χ0n) is 10.7. The van der Waals surface area contributed by atoms with E-state index in [9.17, 15) is 9.90 Å². The molecule has 1 aliphatic rings. The van der Waals surface area contributed by atoms with Crippen molar-refractivity contribution in [1.82, 2.24) is 0 Å². The van der Waals surface area contributed by atoms with Crippen LogP contribution in [0, 0.1) is 0 Å². The van der Waals surface area contributed by atoms with E-state index in [2.05, 4.69) is 6.92 Å². The normalized spacial score (nSPS) is 20.6. The number of ether oxygens (including phenoxy) is 1. The van der Waals surface area contributed by atoms with E-state index in [0.717, 1.165) is 19.4 Å². The van der Waals surface area contributed by atoms with Crippen LogP contribution < -0.4 is 0 Å². The molecule has 0 bridgehead atoms. The van der Waals surface area contributed by atoms with Gasteiger partial charge in [-0.1, -0.05) is 45.6 Å². The lowest BCUT2D eigenvalue weighted by molar-refractivity contribution is -0.134. The lowest BCUT2D eigenvalue weighted by atomic mass is 10.0. The number of allylic oxidation sites excluding steroid dienone is 1. The minimum Gasteiger partial charge on any atom is -0.424 e. The van der Waals surface area contributed by atoms with Crippen molar-refractivity contribution in [2.75, 3.05) is 0 Å². The molecule has 0 radical (unpaired) electrons. The molecule has 0 amide bonds. The first-order valence-electron chi connectivity index (χ1n) is 6.47. The molecule has 3 heteroatoms. The molecule has 0 fully saturated rings. The molecule has 0 aliphatic carbocycles. The summed E-state index contributed by atoms with van der Waals surface area (Å²) in [5.74, 6) is -0.320. The summed E-state index contributed by atoms with van der Waals surface area (Å²) in [6.07, 6.45) is 6.83. The Morgan fingerprint density at radius 1 is 1.50 bits per heavy atom. The zero-order valence-corrected chi connectivity index (χ0v) is 9.74. The topological polar surface area (TPSA) is 46.5 Å². The van der Waals surface area contributed by atoms with Crippen LogP contribution in [0.4, 0.5) is 0 Å². The van der Waals surface area contributed by atoms with Crippen molar-refractivity contribution in [3.8, 4) is 0 Å². The Kier molecular flexibility index (Phi) is 4.62. The third kappa shape index (κ3) is 3.81. The van der Waals surface area contributed by atoms with Gasteiger partial charge in [-0.05, 0) is 12.5 Å². The van der Waals surface area contributed by atoms with Gasteiger partial charge in [-0.3, -0.25) is 0 Å². The first-order chi connectivity index (χ1) is 8.19. The lowest BCUT2D eigenvalue weighted by Crippen LogP contribution is -2.15. The summed E-state index contributed by atoms with van der Waals surface area (Å²) in [4.78, 5) is 11.3. The van der Waals surface area contributed by atoms with Crippen molar-refractivity contribution in [2.45, 2.75) is 51.6 Å². The van der Waals surface area contributed by atoms with Crippen molar-refractivity contribution in [3.05, 3.63) is 24.0 Å². The number of hydrogen-bond acceptors (Lipinski definition) is 3. The number of cyclic esters (lactones) is 1. The minimum atomic E-state index is -0.762. The molecule has 1 atom stereocenters. The van der Waals surface area contributed by atoms with Gasteiger partial charge in [0.25, 0.3) is 0 Å². The number of hydrogen-bond donors (Lipinski definition) is 1. The fourth-order valence-electron chi connectivity index (χ4n) is 1.74. The molecule has 3 nitrogen and oxygen atoms in total. The number of carbonyl (C=O) groups is 1. The molecule has 0 saturated carbocycles. The Labute approximate surface area is 98.2 Å². The lowest BCUT2D eigenvalue weighted by Gasteiger charge is -2.08. The fourth-order valence-corrected chi connectivity index (χ4v) is 1.74.